The summed E-state index contributed by atoms with van der Waals surface area (Å²) in [6.07, 6.45) is 0. The highest BCUT2D eigenvalue weighted by atomic mass is 79.9. The van der Waals surface area contributed by atoms with Gasteiger partial charge in [0.1, 0.15) is 10.2 Å². The highest BCUT2D eigenvalue weighted by Gasteiger charge is 2.11. The molecule has 0 saturated carbocycles. The fourth-order valence-corrected chi connectivity index (χ4v) is 2.74. The van der Waals surface area contributed by atoms with E-state index >= 15 is 0 Å². The second kappa shape index (κ2) is 3.20. The first-order valence-corrected chi connectivity index (χ1v) is 5.34. The molecule has 0 bridgehead atoms. The van der Waals surface area contributed by atoms with Gasteiger partial charge in [-0.2, -0.15) is 0 Å². The average molecular weight is 259 g/mol. The van der Waals surface area contributed by atoms with Gasteiger partial charge < -0.3 is 9.84 Å². The second-order valence-corrected chi connectivity index (χ2v) is 4.29. The third-order valence-corrected chi connectivity index (χ3v) is 3.52. The molecule has 0 aliphatic heterocycles. The van der Waals surface area contributed by atoms with Gasteiger partial charge in [0.05, 0.1) is 11.8 Å². The number of hydrogen-bond acceptors (Lipinski definition) is 3. The van der Waals surface area contributed by atoms with Gasteiger partial charge in [-0.15, -0.1) is 11.3 Å². The molecule has 0 unspecified atom stereocenters. The Morgan fingerprint density at radius 3 is 3.00 bits per heavy atom. The zero-order valence-corrected chi connectivity index (χ0v) is 9.28. The summed E-state index contributed by atoms with van der Waals surface area (Å²) in [6, 6.07) is 3.67. The van der Waals surface area contributed by atoms with Gasteiger partial charge in [-0.05, 0) is 38.8 Å². The number of methoxy groups -OCH3 is 1. The van der Waals surface area contributed by atoms with Gasteiger partial charge in [0.15, 0.2) is 5.75 Å². The molecular formula is C9H7BrO2S. The molecule has 68 valence electrons. The lowest BCUT2D eigenvalue weighted by Crippen LogP contribution is -1.84. The number of ether oxygens (including phenoxy) is 1. The average Bonchev–Trinajstić information content (AvgIpc) is 2.54. The zero-order valence-electron chi connectivity index (χ0n) is 6.87. The molecule has 13 heavy (non-hydrogen) atoms. The number of thiophene rings is 1. The predicted octanol–water partition coefficient (Wildman–Crippen LogP) is 3.38. The van der Waals surface area contributed by atoms with Crippen molar-refractivity contribution >= 4 is 37.4 Å². The molecule has 2 rings (SSSR count). The number of fused-ring (bicyclic) bond motifs is 1. The fraction of sp³-hybridized carbons (Fsp3) is 0.111. The van der Waals surface area contributed by atoms with Crippen LogP contribution < -0.4 is 4.74 Å². The molecule has 2 nitrogen and oxygen atoms in total. The van der Waals surface area contributed by atoms with E-state index in [2.05, 4.69) is 15.9 Å². The first kappa shape index (κ1) is 8.84. The Balaban J connectivity index is 2.87. The molecule has 0 spiro atoms. The van der Waals surface area contributed by atoms with Gasteiger partial charge >= 0.3 is 0 Å². The Labute approximate surface area is 87.9 Å². The Morgan fingerprint density at radius 1 is 1.54 bits per heavy atom. The first-order chi connectivity index (χ1) is 6.24. The number of rotatable bonds is 1. The molecule has 0 saturated heterocycles. The van der Waals surface area contributed by atoms with E-state index in [0.717, 1.165) is 10.1 Å². The number of phenols is 1. The van der Waals surface area contributed by atoms with Crippen molar-refractivity contribution in [2.24, 2.45) is 0 Å². The van der Waals surface area contributed by atoms with Crippen molar-refractivity contribution in [2.45, 2.75) is 0 Å². The molecule has 0 atom stereocenters. The summed E-state index contributed by atoms with van der Waals surface area (Å²) in [5.41, 5.74) is 0. The van der Waals surface area contributed by atoms with Crippen LogP contribution in [0.2, 0.25) is 0 Å². The highest BCUT2D eigenvalue weighted by Crippen LogP contribution is 2.42. The van der Waals surface area contributed by atoms with Crippen LogP contribution in [-0.2, 0) is 0 Å². The Hall–Kier alpha value is -0.740. The largest absolute Gasteiger partial charge is 0.507 e. The summed E-state index contributed by atoms with van der Waals surface area (Å²) in [5, 5.41) is 12.5. The SMILES string of the molecule is COc1c(Br)c(O)cc2ccsc12. The number of hydrogen-bond donors (Lipinski definition) is 1. The second-order valence-electron chi connectivity index (χ2n) is 2.58. The highest BCUT2D eigenvalue weighted by molar-refractivity contribution is 9.10. The maximum atomic E-state index is 9.53. The van der Waals surface area contributed by atoms with E-state index in [1.54, 1.807) is 24.5 Å². The topological polar surface area (TPSA) is 29.5 Å². The van der Waals surface area contributed by atoms with E-state index in [-0.39, 0.29) is 5.75 Å². The lowest BCUT2D eigenvalue weighted by atomic mass is 10.2. The maximum absolute atomic E-state index is 9.53. The molecule has 1 aromatic carbocycles. The number of phenolic OH excluding ortho intramolecular Hbond substituents is 1. The molecular weight excluding hydrogens is 252 g/mol. The summed E-state index contributed by atoms with van der Waals surface area (Å²) in [4.78, 5) is 0. The Bertz CT molecular complexity index is 450. The monoisotopic (exact) mass is 258 g/mol. The van der Waals surface area contributed by atoms with Crippen LogP contribution in [0.25, 0.3) is 10.1 Å². The van der Waals surface area contributed by atoms with Gasteiger partial charge in [0.25, 0.3) is 0 Å². The third kappa shape index (κ3) is 1.30. The van der Waals surface area contributed by atoms with Crippen LogP contribution in [0.3, 0.4) is 0 Å². The number of benzene rings is 1. The van der Waals surface area contributed by atoms with E-state index in [1.807, 2.05) is 11.4 Å². The van der Waals surface area contributed by atoms with Gasteiger partial charge in [-0.1, -0.05) is 0 Å². The molecule has 0 fully saturated rings. The molecule has 0 radical (unpaired) electrons. The van der Waals surface area contributed by atoms with E-state index < -0.39 is 0 Å². The van der Waals surface area contributed by atoms with Crippen LogP contribution in [-0.4, -0.2) is 12.2 Å². The van der Waals surface area contributed by atoms with Crippen LogP contribution in [0, 0.1) is 0 Å². The van der Waals surface area contributed by atoms with Crippen molar-refractivity contribution in [3.63, 3.8) is 0 Å². The van der Waals surface area contributed by atoms with E-state index in [1.165, 1.54) is 0 Å². The van der Waals surface area contributed by atoms with Crippen molar-refractivity contribution in [2.75, 3.05) is 7.11 Å². The smallest absolute Gasteiger partial charge is 0.154 e. The molecule has 0 aliphatic carbocycles. The van der Waals surface area contributed by atoms with Crippen LogP contribution in [0.5, 0.6) is 11.5 Å². The minimum atomic E-state index is 0.211. The molecule has 2 aromatic rings. The van der Waals surface area contributed by atoms with Gasteiger partial charge in [-0.25, -0.2) is 0 Å². The summed E-state index contributed by atoms with van der Waals surface area (Å²) in [6.45, 7) is 0. The molecule has 4 heteroatoms. The van der Waals surface area contributed by atoms with Gasteiger partial charge in [0.2, 0.25) is 0 Å². The summed E-state index contributed by atoms with van der Waals surface area (Å²) in [7, 11) is 1.60. The van der Waals surface area contributed by atoms with Crippen molar-refractivity contribution in [1.82, 2.24) is 0 Å². The van der Waals surface area contributed by atoms with Crippen LogP contribution >= 0.6 is 27.3 Å². The van der Waals surface area contributed by atoms with Gasteiger partial charge in [0, 0.05) is 0 Å². The fourth-order valence-electron chi connectivity index (χ4n) is 1.23. The van der Waals surface area contributed by atoms with Crippen molar-refractivity contribution in [1.29, 1.82) is 0 Å². The lowest BCUT2D eigenvalue weighted by Gasteiger charge is -2.05. The van der Waals surface area contributed by atoms with Crippen LogP contribution in [0.1, 0.15) is 0 Å². The van der Waals surface area contributed by atoms with Crippen molar-refractivity contribution in [3.05, 3.63) is 22.0 Å². The minimum Gasteiger partial charge on any atom is -0.507 e. The lowest BCUT2D eigenvalue weighted by molar-refractivity contribution is 0.409. The maximum Gasteiger partial charge on any atom is 0.154 e. The van der Waals surface area contributed by atoms with Gasteiger partial charge in [-0.3, -0.25) is 0 Å². The Morgan fingerprint density at radius 2 is 2.31 bits per heavy atom. The quantitative estimate of drug-likeness (QED) is 0.850. The van der Waals surface area contributed by atoms with Crippen molar-refractivity contribution in [3.8, 4) is 11.5 Å². The molecule has 0 aliphatic rings. The van der Waals surface area contributed by atoms with Crippen LogP contribution in [0.4, 0.5) is 0 Å². The van der Waals surface area contributed by atoms with Crippen LogP contribution in [0.15, 0.2) is 22.0 Å². The molecule has 1 aromatic heterocycles. The van der Waals surface area contributed by atoms with Crippen molar-refractivity contribution < 1.29 is 9.84 Å². The summed E-state index contributed by atoms with van der Waals surface area (Å²) < 4.78 is 6.86. The standard InChI is InChI=1S/C9H7BrO2S/c1-12-8-7(10)6(11)4-5-2-3-13-9(5)8/h2-4,11H,1H3. The summed E-state index contributed by atoms with van der Waals surface area (Å²) in [5.74, 6) is 0.910. The third-order valence-electron chi connectivity index (χ3n) is 1.82. The normalized spacial score (nSPS) is 10.6. The minimum absolute atomic E-state index is 0.211. The summed E-state index contributed by atoms with van der Waals surface area (Å²) >= 11 is 4.87. The van der Waals surface area contributed by atoms with E-state index in [9.17, 15) is 5.11 Å². The molecule has 1 N–H and O–H groups in total. The van der Waals surface area contributed by atoms with E-state index in [0.29, 0.717) is 10.2 Å². The van der Waals surface area contributed by atoms with E-state index in [4.69, 9.17) is 4.74 Å². The zero-order chi connectivity index (χ0) is 9.42. The molecule has 0 amide bonds. The number of halogens is 1. The number of aromatic hydroxyl groups is 1. The Kier molecular flexibility index (Phi) is 2.17. The molecule has 1 heterocycles. The predicted molar refractivity (Wildman–Crippen MR) is 57.7 cm³/mol. The first-order valence-electron chi connectivity index (χ1n) is 3.66.